The summed E-state index contributed by atoms with van der Waals surface area (Å²) >= 11 is 0. The second-order valence-corrected chi connectivity index (χ2v) is 24.2. The topological polar surface area (TPSA) is 237 Å². The van der Waals surface area contributed by atoms with E-state index in [9.17, 15) is 43.2 Å². The molecule has 0 amide bonds. The predicted molar refractivity (Wildman–Crippen MR) is 294 cm³/mol. The standard InChI is InChI=1S/C56H108O17P2/c1-7-9-11-13-14-15-21-28-34-40-55(60)72-51(44-66-53(58)38-32-24-12-10-8-2)46-70-74(62,63)68-42-50(57)43-69-75(64,65)71-47-52(45-67-54(59)39-33-27-23-18-20-26-31-37-49(5)6)73-56(61)41-35-29-22-17-16-19-25-30-36-48(3)4/h48-52,57H,7-47H2,1-6H3,(H,62,63)(H,64,65)/t50-,51+,52+/m0/s1. The first kappa shape index (κ1) is 73.1. The van der Waals surface area contributed by atoms with Crippen molar-refractivity contribution in [3.05, 3.63) is 0 Å². The summed E-state index contributed by atoms with van der Waals surface area (Å²) in [5.74, 6) is -0.736. The Bertz CT molecular complexity index is 1500. The monoisotopic (exact) mass is 1110 g/mol. The Morgan fingerprint density at radius 1 is 0.360 bits per heavy atom. The highest BCUT2D eigenvalue weighted by Crippen LogP contribution is 2.45. The second kappa shape index (κ2) is 49.1. The summed E-state index contributed by atoms with van der Waals surface area (Å²) in [6.07, 6.45) is 28.5. The molecule has 3 N–H and O–H groups in total. The molecule has 0 fully saturated rings. The average molecular weight is 1120 g/mol. The van der Waals surface area contributed by atoms with Crippen molar-refractivity contribution >= 4 is 39.5 Å². The molecule has 75 heavy (non-hydrogen) atoms. The van der Waals surface area contributed by atoms with Gasteiger partial charge in [0.1, 0.15) is 19.3 Å². The van der Waals surface area contributed by atoms with E-state index < -0.39 is 97.5 Å². The lowest BCUT2D eigenvalue weighted by Crippen LogP contribution is -2.30. The van der Waals surface area contributed by atoms with Crippen molar-refractivity contribution in [2.75, 3.05) is 39.6 Å². The summed E-state index contributed by atoms with van der Waals surface area (Å²) in [7, 11) is -9.86. The Morgan fingerprint density at radius 3 is 0.907 bits per heavy atom. The maximum Gasteiger partial charge on any atom is 0.472 e. The van der Waals surface area contributed by atoms with Gasteiger partial charge in [0.15, 0.2) is 12.2 Å². The van der Waals surface area contributed by atoms with Crippen LogP contribution in [0.1, 0.15) is 266 Å². The molecular weight excluding hydrogens is 1010 g/mol. The zero-order valence-corrected chi connectivity index (χ0v) is 49.6. The van der Waals surface area contributed by atoms with Gasteiger partial charge in [0, 0.05) is 25.7 Å². The number of aliphatic hydroxyl groups excluding tert-OH is 1. The van der Waals surface area contributed by atoms with E-state index in [4.69, 9.17) is 37.0 Å². The Hall–Kier alpha value is -1.94. The summed E-state index contributed by atoms with van der Waals surface area (Å²) in [5.41, 5.74) is 0. The fourth-order valence-electron chi connectivity index (χ4n) is 8.12. The molecule has 0 aromatic carbocycles. The number of unbranched alkanes of at least 4 members (excludes halogenated alkanes) is 25. The molecule has 0 heterocycles. The van der Waals surface area contributed by atoms with Crippen LogP contribution in [0.25, 0.3) is 0 Å². The minimum Gasteiger partial charge on any atom is -0.462 e. The maximum absolute atomic E-state index is 12.9. The van der Waals surface area contributed by atoms with Gasteiger partial charge in [-0.2, -0.15) is 0 Å². The molecular formula is C56H108O17P2. The van der Waals surface area contributed by atoms with Crippen molar-refractivity contribution in [3.8, 4) is 0 Å². The molecule has 17 nitrogen and oxygen atoms in total. The smallest absolute Gasteiger partial charge is 0.462 e. The predicted octanol–water partition coefficient (Wildman–Crippen LogP) is 14.5. The second-order valence-electron chi connectivity index (χ2n) is 21.3. The van der Waals surface area contributed by atoms with Gasteiger partial charge in [-0.05, 0) is 37.5 Å². The fourth-order valence-corrected chi connectivity index (χ4v) is 9.70. The van der Waals surface area contributed by atoms with E-state index in [-0.39, 0.29) is 25.7 Å². The van der Waals surface area contributed by atoms with E-state index in [1.54, 1.807) is 0 Å². The molecule has 0 saturated carbocycles. The lowest BCUT2D eigenvalue weighted by atomic mass is 10.0. The summed E-state index contributed by atoms with van der Waals surface area (Å²) in [4.78, 5) is 71.5. The highest BCUT2D eigenvalue weighted by Gasteiger charge is 2.30. The minimum absolute atomic E-state index is 0.103. The third kappa shape index (κ3) is 51.3. The molecule has 2 unspecified atom stereocenters. The van der Waals surface area contributed by atoms with Crippen molar-refractivity contribution in [1.82, 2.24) is 0 Å². The molecule has 0 radical (unpaired) electrons. The summed E-state index contributed by atoms with van der Waals surface area (Å²) in [6, 6.07) is 0. The maximum atomic E-state index is 12.9. The minimum atomic E-state index is -4.93. The molecule has 0 aliphatic carbocycles. The molecule has 0 rings (SSSR count). The van der Waals surface area contributed by atoms with Gasteiger partial charge in [0.25, 0.3) is 0 Å². The third-order valence-electron chi connectivity index (χ3n) is 12.7. The molecule has 0 saturated heterocycles. The first-order chi connectivity index (χ1) is 35.9. The van der Waals surface area contributed by atoms with Gasteiger partial charge in [-0.3, -0.25) is 37.3 Å². The zero-order valence-electron chi connectivity index (χ0n) is 47.8. The Morgan fingerprint density at radius 2 is 0.613 bits per heavy atom. The van der Waals surface area contributed by atoms with E-state index in [0.29, 0.717) is 31.6 Å². The van der Waals surface area contributed by atoms with Crippen molar-refractivity contribution in [2.45, 2.75) is 285 Å². The Kier molecular flexibility index (Phi) is 47.9. The molecule has 0 spiro atoms. The normalized spacial score (nSPS) is 14.5. The number of hydrogen-bond acceptors (Lipinski definition) is 15. The first-order valence-electron chi connectivity index (χ1n) is 29.5. The van der Waals surface area contributed by atoms with Crippen LogP contribution in [0.2, 0.25) is 0 Å². The summed E-state index contributed by atoms with van der Waals surface area (Å²) in [5, 5.41) is 10.5. The van der Waals surface area contributed by atoms with Gasteiger partial charge in [0.2, 0.25) is 0 Å². The van der Waals surface area contributed by atoms with Gasteiger partial charge in [-0.25, -0.2) is 9.13 Å². The number of hydrogen-bond donors (Lipinski definition) is 3. The zero-order chi connectivity index (χ0) is 55.8. The van der Waals surface area contributed by atoms with Crippen LogP contribution in [0.15, 0.2) is 0 Å². The fraction of sp³-hybridized carbons (Fsp3) is 0.929. The van der Waals surface area contributed by atoms with Gasteiger partial charge in [-0.15, -0.1) is 0 Å². The van der Waals surface area contributed by atoms with Gasteiger partial charge < -0.3 is 33.8 Å². The Balaban J connectivity index is 5.19. The quantitative estimate of drug-likeness (QED) is 0.0222. The number of phosphoric acid groups is 2. The van der Waals surface area contributed by atoms with Gasteiger partial charge in [0.05, 0.1) is 26.4 Å². The van der Waals surface area contributed by atoms with E-state index >= 15 is 0 Å². The number of aliphatic hydroxyl groups is 1. The Labute approximate surface area is 454 Å². The van der Waals surface area contributed by atoms with Crippen molar-refractivity contribution in [2.24, 2.45) is 11.8 Å². The van der Waals surface area contributed by atoms with Gasteiger partial charge >= 0.3 is 39.5 Å². The first-order valence-corrected chi connectivity index (χ1v) is 32.5. The van der Waals surface area contributed by atoms with Crippen LogP contribution >= 0.6 is 15.6 Å². The molecule has 0 aromatic heterocycles. The van der Waals surface area contributed by atoms with Crippen LogP contribution < -0.4 is 0 Å². The van der Waals surface area contributed by atoms with Crippen LogP contribution in [-0.2, 0) is 65.4 Å². The molecule has 0 bridgehead atoms. The number of carbonyl (C=O) groups is 4. The largest absolute Gasteiger partial charge is 0.472 e. The van der Waals surface area contributed by atoms with Crippen LogP contribution in [0.5, 0.6) is 0 Å². The number of ether oxygens (including phenoxy) is 4. The molecule has 0 aliphatic heterocycles. The van der Waals surface area contributed by atoms with Crippen molar-refractivity contribution in [1.29, 1.82) is 0 Å². The average Bonchev–Trinajstić information content (AvgIpc) is 3.36. The van der Waals surface area contributed by atoms with Crippen LogP contribution in [0.3, 0.4) is 0 Å². The molecule has 444 valence electrons. The highest BCUT2D eigenvalue weighted by molar-refractivity contribution is 7.47. The number of rotatable bonds is 55. The van der Waals surface area contributed by atoms with E-state index in [1.165, 1.54) is 70.6 Å². The summed E-state index contributed by atoms with van der Waals surface area (Å²) < 4.78 is 67.4. The lowest BCUT2D eigenvalue weighted by molar-refractivity contribution is -0.161. The van der Waals surface area contributed by atoms with Gasteiger partial charge in [-0.1, -0.05) is 215 Å². The van der Waals surface area contributed by atoms with Crippen LogP contribution in [0.4, 0.5) is 0 Å². The highest BCUT2D eigenvalue weighted by atomic mass is 31.2. The van der Waals surface area contributed by atoms with E-state index in [0.717, 1.165) is 109 Å². The third-order valence-corrected chi connectivity index (χ3v) is 14.6. The van der Waals surface area contributed by atoms with Crippen molar-refractivity contribution in [3.63, 3.8) is 0 Å². The van der Waals surface area contributed by atoms with Crippen LogP contribution in [-0.4, -0.2) is 96.7 Å². The number of carbonyl (C=O) groups excluding carboxylic acids is 4. The molecule has 0 aliphatic rings. The summed E-state index contributed by atoms with van der Waals surface area (Å²) in [6.45, 7) is 9.22. The van der Waals surface area contributed by atoms with E-state index in [1.807, 2.05) is 0 Å². The van der Waals surface area contributed by atoms with E-state index in [2.05, 4.69) is 41.5 Å². The lowest BCUT2D eigenvalue weighted by Gasteiger charge is -2.21. The van der Waals surface area contributed by atoms with Crippen molar-refractivity contribution < 1.29 is 80.2 Å². The molecule has 5 atom stereocenters. The number of esters is 4. The van der Waals surface area contributed by atoms with Crippen LogP contribution in [0, 0.1) is 11.8 Å². The number of phosphoric ester groups is 2. The molecule has 0 aromatic rings. The SMILES string of the molecule is CCCCCCCCCCCC(=O)O[C@H](COC(=O)CCCCCCC)COP(=O)(O)OC[C@H](O)COP(=O)(O)OC[C@@H](COC(=O)CCCCCCCCCC(C)C)OC(=O)CCCCCCCCCCC(C)C. The molecule has 19 heteroatoms.